The van der Waals surface area contributed by atoms with Gasteiger partial charge in [-0.1, -0.05) is 17.7 Å². The van der Waals surface area contributed by atoms with E-state index in [-0.39, 0.29) is 0 Å². The summed E-state index contributed by atoms with van der Waals surface area (Å²) in [6.45, 7) is 0. The lowest BCUT2D eigenvalue weighted by Crippen LogP contribution is -1.93. The van der Waals surface area contributed by atoms with Gasteiger partial charge in [-0.3, -0.25) is 0 Å². The first-order valence-corrected chi connectivity index (χ1v) is 8.19. The zero-order valence-corrected chi connectivity index (χ0v) is 14.2. The highest BCUT2D eigenvalue weighted by Crippen LogP contribution is 2.26. The Kier molecular flexibility index (Phi) is 4.11. The maximum atomic E-state index is 6.15. The number of nitrogens with zero attached hydrogens (tertiary/aromatic N) is 3. The molecule has 126 valence electrons. The third-order valence-corrected chi connectivity index (χ3v) is 4.27. The molecule has 2 aromatic heterocycles. The van der Waals surface area contributed by atoms with Crippen molar-refractivity contribution in [3.8, 4) is 17.2 Å². The van der Waals surface area contributed by atoms with Gasteiger partial charge in [-0.2, -0.15) is 0 Å². The highest BCUT2D eigenvalue weighted by Gasteiger charge is 2.10. The Hall–Kier alpha value is -2.86. The third-order valence-electron chi connectivity index (χ3n) is 3.98. The van der Waals surface area contributed by atoms with Crippen molar-refractivity contribution >= 4 is 22.6 Å². The van der Waals surface area contributed by atoms with E-state index in [0.717, 1.165) is 28.6 Å². The van der Waals surface area contributed by atoms with E-state index in [0.29, 0.717) is 29.0 Å². The quantitative estimate of drug-likeness (QED) is 0.584. The van der Waals surface area contributed by atoms with Crippen LogP contribution in [-0.4, -0.2) is 27.3 Å². The molecule has 0 amide bonds. The molecule has 0 radical (unpaired) electrons. The van der Waals surface area contributed by atoms with Gasteiger partial charge in [0.25, 0.3) is 0 Å². The van der Waals surface area contributed by atoms with E-state index >= 15 is 0 Å². The fourth-order valence-corrected chi connectivity index (χ4v) is 2.94. The van der Waals surface area contributed by atoms with Crippen molar-refractivity contribution in [3.63, 3.8) is 0 Å². The van der Waals surface area contributed by atoms with Gasteiger partial charge in [0, 0.05) is 12.0 Å². The Morgan fingerprint density at radius 3 is 2.88 bits per heavy atom. The summed E-state index contributed by atoms with van der Waals surface area (Å²) in [6.07, 6.45) is 3.06. The minimum absolute atomic E-state index is 0.499. The summed E-state index contributed by atoms with van der Waals surface area (Å²) < 4.78 is 10.9. The number of ether oxygens (including phenoxy) is 1. The number of rotatable bonds is 5. The maximum absolute atomic E-state index is 6.15. The predicted octanol–water partition coefficient (Wildman–Crippen LogP) is 4.06. The number of benzene rings is 2. The first kappa shape index (κ1) is 15.7. The molecule has 1 N–H and O–H groups in total. The van der Waals surface area contributed by atoms with Gasteiger partial charge in [-0.15, -0.1) is 10.2 Å². The molecule has 4 aromatic rings. The summed E-state index contributed by atoms with van der Waals surface area (Å²) in [5.41, 5.74) is 3.79. The number of hydrogen-bond acceptors (Lipinski definition) is 5. The van der Waals surface area contributed by atoms with Crippen LogP contribution in [0.4, 0.5) is 0 Å². The van der Waals surface area contributed by atoms with Gasteiger partial charge in [-0.05, 0) is 42.3 Å². The molecule has 0 unspecified atom stereocenters. The first-order chi connectivity index (χ1) is 12.2. The van der Waals surface area contributed by atoms with Crippen LogP contribution >= 0.6 is 11.6 Å². The molecular formula is C18H15ClN4O2. The second-order valence-corrected chi connectivity index (χ2v) is 6.01. The first-order valence-electron chi connectivity index (χ1n) is 7.81. The summed E-state index contributed by atoms with van der Waals surface area (Å²) in [5, 5.41) is 8.87. The molecule has 7 heteroatoms. The fraction of sp³-hybridized carbons (Fsp3) is 0.167. The lowest BCUT2D eigenvalue weighted by Gasteiger charge is -2.05. The summed E-state index contributed by atoms with van der Waals surface area (Å²) in [7, 11) is 1.60. The van der Waals surface area contributed by atoms with Crippen molar-refractivity contribution in [1.82, 2.24) is 20.2 Å². The van der Waals surface area contributed by atoms with Crippen LogP contribution in [0.25, 0.3) is 22.5 Å². The molecule has 0 bridgehead atoms. The molecule has 4 rings (SSSR count). The molecule has 0 spiro atoms. The lowest BCUT2D eigenvalue weighted by atomic mass is 10.1. The number of imidazole rings is 1. The van der Waals surface area contributed by atoms with Gasteiger partial charge >= 0.3 is 0 Å². The highest BCUT2D eigenvalue weighted by molar-refractivity contribution is 6.32. The number of aryl methyl sites for hydroxylation is 2. The Balaban J connectivity index is 1.48. The van der Waals surface area contributed by atoms with Gasteiger partial charge in [-0.25, -0.2) is 4.98 Å². The Labute approximate surface area is 148 Å². The van der Waals surface area contributed by atoms with E-state index in [1.54, 1.807) is 13.4 Å². The summed E-state index contributed by atoms with van der Waals surface area (Å²) in [5.74, 6) is 1.76. The smallest absolute Gasteiger partial charge is 0.247 e. The zero-order valence-electron chi connectivity index (χ0n) is 13.5. The van der Waals surface area contributed by atoms with Crippen LogP contribution < -0.4 is 4.74 Å². The predicted molar refractivity (Wildman–Crippen MR) is 94.8 cm³/mol. The lowest BCUT2D eigenvalue weighted by molar-refractivity contribution is 0.415. The summed E-state index contributed by atoms with van der Waals surface area (Å²) in [4.78, 5) is 7.27. The number of nitrogens with one attached hydrogen (secondary N) is 1. The molecule has 0 aliphatic rings. The normalized spacial score (nSPS) is 11.1. The van der Waals surface area contributed by atoms with Crippen molar-refractivity contribution in [2.24, 2.45) is 0 Å². The largest absolute Gasteiger partial charge is 0.495 e. The number of aromatic amines is 1. The van der Waals surface area contributed by atoms with Gasteiger partial charge in [0.15, 0.2) is 0 Å². The highest BCUT2D eigenvalue weighted by atomic mass is 35.5. The standard InChI is InChI=1S/C18H15ClN4O2/c1-24-16-6-2-11(8-13(16)19)3-7-17-22-23-18(25-17)12-4-5-14-15(9-12)21-10-20-14/h2,4-6,8-10H,3,7H2,1H3,(H,20,21). The van der Waals surface area contributed by atoms with Crippen molar-refractivity contribution in [3.05, 3.63) is 59.2 Å². The minimum Gasteiger partial charge on any atom is -0.495 e. The molecule has 0 saturated carbocycles. The summed E-state index contributed by atoms with van der Waals surface area (Å²) in [6, 6.07) is 11.5. The third kappa shape index (κ3) is 3.21. The average Bonchev–Trinajstić information content (AvgIpc) is 3.28. The van der Waals surface area contributed by atoms with E-state index in [2.05, 4.69) is 20.2 Å². The average molecular weight is 355 g/mol. The number of halogens is 1. The molecule has 0 atom stereocenters. The van der Waals surface area contributed by atoms with Gasteiger partial charge in [0.1, 0.15) is 5.75 Å². The number of hydrogen-bond donors (Lipinski definition) is 1. The monoisotopic (exact) mass is 354 g/mol. The topological polar surface area (TPSA) is 76.8 Å². The van der Waals surface area contributed by atoms with E-state index < -0.39 is 0 Å². The van der Waals surface area contributed by atoms with Crippen LogP contribution in [0.1, 0.15) is 11.5 Å². The number of fused-ring (bicyclic) bond motifs is 1. The molecule has 0 aliphatic carbocycles. The van der Waals surface area contributed by atoms with Crippen LogP contribution in [0.2, 0.25) is 5.02 Å². The Bertz CT molecular complexity index is 1020. The van der Waals surface area contributed by atoms with E-state index in [9.17, 15) is 0 Å². The molecule has 0 saturated heterocycles. The van der Waals surface area contributed by atoms with Crippen LogP contribution in [0, 0.1) is 0 Å². The Morgan fingerprint density at radius 2 is 2.04 bits per heavy atom. The fourth-order valence-electron chi connectivity index (χ4n) is 2.66. The van der Waals surface area contributed by atoms with Crippen molar-refractivity contribution in [2.75, 3.05) is 7.11 Å². The van der Waals surface area contributed by atoms with Crippen LogP contribution in [0.15, 0.2) is 47.1 Å². The van der Waals surface area contributed by atoms with E-state index in [1.807, 2.05) is 36.4 Å². The SMILES string of the molecule is COc1ccc(CCc2nnc(-c3ccc4nc[nH]c4c3)o2)cc1Cl. The van der Waals surface area contributed by atoms with Crippen molar-refractivity contribution in [2.45, 2.75) is 12.8 Å². The Morgan fingerprint density at radius 1 is 1.12 bits per heavy atom. The summed E-state index contributed by atoms with van der Waals surface area (Å²) >= 11 is 6.15. The van der Waals surface area contributed by atoms with Crippen LogP contribution in [0.5, 0.6) is 5.75 Å². The number of methoxy groups -OCH3 is 1. The molecule has 2 heterocycles. The van der Waals surface area contributed by atoms with Crippen LogP contribution in [-0.2, 0) is 12.8 Å². The molecular weight excluding hydrogens is 340 g/mol. The van der Waals surface area contributed by atoms with E-state index in [1.165, 1.54) is 0 Å². The van der Waals surface area contributed by atoms with Crippen LogP contribution in [0.3, 0.4) is 0 Å². The molecule has 2 aromatic carbocycles. The van der Waals surface area contributed by atoms with Crippen molar-refractivity contribution in [1.29, 1.82) is 0 Å². The molecule has 0 aliphatic heterocycles. The van der Waals surface area contributed by atoms with Crippen molar-refractivity contribution < 1.29 is 9.15 Å². The van der Waals surface area contributed by atoms with Gasteiger partial charge in [0.2, 0.25) is 11.8 Å². The number of aromatic nitrogens is 4. The molecule has 0 fully saturated rings. The van der Waals surface area contributed by atoms with Gasteiger partial charge < -0.3 is 14.1 Å². The van der Waals surface area contributed by atoms with Gasteiger partial charge in [0.05, 0.1) is 29.5 Å². The van der Waals surface area contributed by atoms with E-state index in [4.69, 9.17) is 20.8 Å². The number of H-pyrrole nitrogens is 1. The molecule has 25 heavy (non-hydrogen) atoms. The zero-order chi connectivity index (χ0) is 17.2. The minimum atomic E-state index is 0.499. The second kappa shape index (κ2) is 6.57. The molecule has 6 nitrogen and oxygen atoms in total. The maximum Gasteiger partial charge on any atom is 0.247 e. The second-order valence-electron chi connectivity index (χ2n) is 5.60.